The summed E-state index contributed by atoms with van der Waals surface area (Å²) in [7, 11) is 1.67. The number of hydrogen-bond donors (Lipinski definition) is 1. The lowest BCUT2D eigenvalue weighted by molar-refractivity contribution is -0.383. The van der Waals surface area contributed by atoms with Crippen molar-refractivity contribution in [1.82, 2.24) is 0 Å². The third-order valence-corrected chi connectivity index (χ3v) is 4.38. The fraction of sp³-hybridized carbons (Fsp3) is 0.214. The molecule has 7 heteroatoms. The van der Waals surface area contributed by atoms with Gasteiger partial charge in [-0.05, 0) is 19.1 Å². The SMILES string of the molecule is C[C@@H](O)c1cc([N+](=O)[O-])c(N(C)c2ccccc2C#N)s1. The van der Waals surface area contributed by atoms with Crippen LogP contribution in [0.5, 0.6) is 0 Å². The van der Waals surface area contributed by atoms with E-state index in [0.29, 0.717) is 21.1 Å². The van der Waals surface area contributed by atoms with E-state index < -0.39 is 11.0 Å². The molecule has 0 unspecified atom stereocenters. The van der Waals surface area contributed by atoms with Crippen molar-refractivity contribution in [2.24, 2.45) is 0 Å². The van der Waals surface area contributed by atoms with Crippen molar-refractivity contribution >= 4 is 27.7 Å². The molecule has 6 nitrogen and oxygen atoms in total. The van der Waals surface area contributed by atoms with Crippen LogP contribution in [0.15, 0.2) is 30.3 Å². The van der Waals surface area contributed by atoms with Gasteiger partial charge in [-0.2, -0.15) is 5.26 Å². The van der Waals surface area contributed by atoms with Gasteiger partial charge in [0.15, 0.2) is 5.00 Å². The van der Waals surface area contributed by atoms with Gasteiger partial charge in [-0.1, -0.05) is 12.1 Å². The van der Waals surface area contributed by atoms with Crippen LogP contribution in [0.1, 0.15) is 23.5 Å². The van der Waals surface area contributed by atoms with Crippen LogP contribution < -0.4 is 4.90 Å². The van der Waals surface area contributed by atoms with Crippen LogP contribution in [0.3, 0.4) is 0 Å². The Kier molecular flexibility index (Phi) is 4.21. The summed E-state index contributed by atoms with van der Waals surface area (Å²) >= 11 is 1.14. The van der Waals surface area contributed by atoms with Gasteiger partial charge in [-0.3, -0.25) is 10.1 Å². The molecule has 0 amide bonds. The van der Waals surface area contributed by atoms with Crippen molar-refractivity contribution in [3.05, 3.63) is 50.9 Å². The molecule has 1 heterocycles. The highest BCUT2D eigenvalue weighted by Crippen LogP contribution is 2.42. The van der Waals surface area contributed by atoms with Gasteiger partial charge in [-0.15, -0.1) is 11.3 Å². The Morgan fingerprint density at radius 1 is 1.48 bits per heavy atom. The standard InChI is InChI=1S/C14H13N3O3S/c1-9(18)13-7-12(17(19)20)14(21-13)16(2)11-6-4-3-5-10(11)8-15/h3-7,9,18H,1-2H3/t9-/m1/s1. The molecule has 0 radical (unpaired) electrons. The number of anilines is 2. The van der Waals surface area contributed by atoms with E-state index in [4.69, 9.17) is 5.26 Å². The minimum atomic E-state index is -0.776. The molecular formula is C14H13N3O3S. The highest BCUT2D eigenvalue weighted by atomic mass is 32.1. The van der Waals surface area contributed by atoms with Crippen LogP contribution in [-0.4, -0.2) is 17.1 Å². The second-order valence-corrected chi connectivity index (χ2v) is 5.52. The summed E-state index contributed by atoms with van der Waals surface area (Å²) < 4.78 is 0. The van der Waals surface area contributed by atoms with Crippen molar-refractivity contribution in [2.75, 3.05) is 11.9 Å². The molecule has 108 valence electrons. The zero-order valence-electron chi connectivity index (χ0n) is 11.5. The number of nitro groups is 1. The molecule has 1 aromatic carbocycles. The normalized spacial score (nSPS) is 11.7. The molecule has 0 saturated heterocycles. The van der Waals surface area contributed by atoms with Gasteiger partial charge in [0.25, 0.3) is 0 Å². The molecule has 0 aliphatic rings. The van der Waals surface area contributed by atoms with E-state index in [1.54, 1.807) is 43.1 Å². The lowest BCUT2D eigenvalue weighted by Gasteiger charge is -2.18. The van der Waals surface area contributed by atoms with E-state index in [9.17, 15) is 15.2 Å². The molecule has 2 rings (SSSR count). The lowest BCUT2D eigenvalue weighted by Crippen LogP contribution is -2.10. The molecule has 0 spiro atoms. The summed E-state index contributed by atoms with van der Waals surface area (Å²) in [4.78, 5) is 12.8. The first-order valence-electron chi connectivity index (χ1n) is 6.14. The van der Waals surface area contributed by atoms with Gasteiger partial charge in [0, 0.05) is 18.0 Å². The molecule has 0 aliphatic heterocycles. The molecule has 21 heavy (non-hydrogen) atoms. The molecule has 0 fully saturated rings. The van der Waals surface area contributed by atoms with Gasteiger partial charge in [0.05, 0.1) is 22.3 Å². The largest absolute Gasteiger partial charge is 0.388 e. The van der Waals surface area contributed by atoms with Crippen molar-refractivity contribution in [2.45, 2.75) is 13.0 Å². The first-order valence-corrected chi connectivity index (χ1v) is 6.96. The second kappa shape index (κ2) is 5.91. The first kappa shape index (κ1) is 15.0. The van der Waals surface area contributed by atoms with E-state index >= 15 is 0 Å². The number of nitrogens with zero attached hydrogens (tertiary/aromatic N) is 3. The van der Waals surface area contributed by atoms with Gasteiger partial charge in [0.1, 0.15) is 6.07 Å². The number of nitriles is 1. The summed E-state index contributed by atoms with van der Waals surface area (Å²) in [6.45, 7) is 1.56. The first-order chi connectivity index (χ1) is 9.95. The number of benzene rings is 1. The summed E-state index contributed by atoms with van der Waals surface area (Å²) in [6.07, 6.45) is -0.776. The zero-order chi connectivity index (χ0) is 15.6. The molecule has 0 aliphatic carbocycles. The average molecular weight is 303 g/mol. The highest BCUT2D eigenvalue weighted by Gasteiger charge is 2.25. The number of aliphatic hydroxyl groups excluding tert-OH is 1. The Balaban J connectivity index is 2.55. The molecule has 0 saturated carbocycles. The lowest BCUT2D eigenvalue weighted by atomic mass is 10.2. The van der Waals surface area contributed by atoms with Crippen molar-refractivity contribution in [3.63, 3.8) is 0 Å². The number of para-hydroxylation sites is 1. The Bertz CT molecular complexity index is 718. The van der Waals surface area contributed by atoms with Gasteiger partial charge < -0.3 is 10.0 Å². The number of rotatable bonds is 4. The Labute approximate surface area is 125 Å². The van der Waals surface area contributed by atoms with Crippen LogP contribution in [0, 0.1) is 21.4 Å². The maximum atomic E-state index is 11.2. The minimum Gasteiger partial charge on any atom is -0.388 e. The zero-order valence-corrected chi connectivity index (χ0v) is 12.3. The Morgan fingerprint density at radius 2 is 2.14 bits per heavy atom. The average Bonchev–Trinajstić information content (AvgIpc) is 2.92. The molecular weight excluding hydrogens is 290 g/mol. The van der Waals surface area contributed by atoms with E-state index in [-0.39, 0.29) is 5.69 Å². The fourth-order valence-electron chi connectivity index (χ4n) is 1.94. The summed E-state index contributed by atoms with van der Waals surface area (Å²) in [5, 5.41) is 30.3. The second-order valence-electron chi connectivity index (χ2n) is 4.46. The third-order valence-electron chi connectivity index (χ3n) is 3.01. The number of aliphatic hydroxyl groups is 1. The van der Waals surface area contributed by atoms with Crippen LogP contribution in [0.2, 0.25) is 0 Å². The van der Waals surface area contributed by atoms with Crippen LogP contribution in [-0.2, 0) is 0 Å². The highest BCUT2D eigenvalue weighted by molar-refractivity contribution is 7.16. The van der Waals surface area contributed by atoms with Crippen molar-refractivity contribution in [3.8, 4) is 6.07 Å². The van der Waals surface area contributed by atoms with E-state index in [1.165, 1.54) is 6.07 Å². The van der Waals surface area contributed by atoms with Crippen LogP contribution in [0.4, 0.5) is 16.4 Å². The molecule has 1 N–H and O–H groups in total. The van der Waals surface area contributed by atoms with Crippen molar-refractivity contribution in [1.29, 1.82) is 5.26 Å². The third kappa shape index (κ3) is 2.86. The van der Waals surface area contributed by atoms with Gasteiger partial charge in [0.2, 0.25) is 0 Å². The summed E-state index contributed by atoms with van der Waals surface area (Å²) in [5.74, 6) is 0. The predicted octanol–water partition coefficient (Wildman–Crippen LogP) is 3.35. The fourth-order valence-corrected chi connectivity index (χ4v) is 2.97. The van der Waals surface area contributed by atoms with E-state index in [0.717, 1.165) is 11.3 Å². The molecule has 1 atom stereocenters. The van der Waals surface area contributed by atoms with Gasteiger partial charge >= 0.3 is 5.69 Å². The Hall–Kier alpha value is -2.43. The topological polar surface area (TPSA) is 90.4 Å². The minimum absolute atomic E-state index is 0.0776. The quantitative estimate of drug-likeness (QED) is 0.691. The van der Waals surface area contributed by atoms with E-state index in [2.05, 4.69) is 6.07 Å². The molecule has 2 aromatic rings. The van der Waals surface area contributed by atoms with Crippen LogP contribution >= 0.6 is 11.3 Å². The summed E-state index contributed by atoms with van der Waals surface area (Å²) in [5.41, 5.74) is 0.939. The molecule has 1 aromatic heterocycles. The smallest absolute Gasteiger partial charge is 0.304 e. The Morgan fingerprint density at radius 3 is 2.71 bits per heavy atom. The predicted molar refractivity (Wildman–Crippen MR) is 80.8 cm³/mol. The number of hydrogen-bond acceptors (Lipinski definition) is 6. The maximum absolute atomic E-state index is 11.2. The maximum Gasteiger partial charge on any atom is 0.304 e. The van der Waals surface area contributed by atoms with Gasteiger partial charge in [-0.25, -0.2) is 0 Å². The monoisotopic (exact) mass is 303 g/mol. The summed E-state index contributed by atoms with van der Waals surface area (Å²) in [6, 6.07) is 10.3. The number of thiophene rings is 1. The van der Waals surface area contributed by atoms with E-state index in [1.807, 2.05) is 0 Å². The molecule has 0 bridgehead atoms. The van der Waals surface area contributed by atoms with Crippen LogP contribution in [0.25, 0.3) is 0 Å². The van der Waals surface area contributed by atoms with Crippen molar-refractivity contribution < 1.29 is 10.0 Å².